The van der Waals surface area contributed by atoms with Gasteiger partial charge in [-0.2, -0.15) is 13.2 Å². The van der Waals surface area contributed by atoms with Gasteiger partial charge in [-0.05, 0) is 25.1 Å². The largest absolute Gasteiger partial charge is 0.461 e. The summed E-state index contributed by atoms with van der Waals surface area (Å²) in [6.07, 6.45) is -4.60. The van der Waals surface area contributed by atoms with Crippen LogP contribution in [0.3, 0.4) is 0 Å². The van der Waals surface area contributed by atoms with Gasteiger partial charge in [0.25, 0.3) is 5.56 Å². The lowest BCUT2D eigenvalue weighted by molar-refractivity contribution is -0.137. The molecule has 10 heteroatoms. The van der Waals surface area contributed by atoms with Gasteiger partial charge in [0.2, 0.25) is 0 Å². The molecule has 0 fully saturated rings. The van der Waals surface area contributed by atoms with Crippen molar-refractivity contribution in [3.63, 3.8) is 0 Å². The van der Waals surface area contributed by atoms with Gasteiger partial charge in [-0.25, -0.2) is 9.59 Å². The van der Waals surface area contributed by atoms with E-state index in [1.807, 2.05) is 0 Å². The molecule has 0 bridgehead atoms. The van der Waals surface area contributed by atoms with E-state index >= 15 is 0 Å². The van der Waals surface area contributed by atoms with E-state index in [-0.39, 0.29) is 28.9 Å². The van der Waals surface area contributed by atoms with E-state index in [4.69, 9.17) is 4.74 Å². The number of esters is 1. The molecule has 25 heavy (non-hydrogen) atoms. The highest BCUT2D eigenvalue weighted by molar-refractivity contribution is 5.96. The number of imidazole rings is 1. The first-order valence-electron chi connectivity index (χ1n) is 7.18. The molecule has 0 atom stereocenters. The van der Waals surface area contributed by atoms with E-state index in [1.165, 1.54) is 7.05 Å². The molecule has 132 valence electrons. The quantitative estimate of drug-likeness (QED) is 0.709. The van der Waals surface area contributed by atoms with E-state index in [0.717, 1.165) is 27.2 Å². The Morgan fingerprint density at radius 1 is 1.24 bits per heavy atom. The number of alkyl halides is 3. The number of hydrogen-bond donors (Lipinski definition) is 1. The molecule has 0 radical (unpaired) electrons. The third-order valence-electron chi connectivity index (χ3n) is 3.79. The first-order valence-corrected chi connectivity index (χ1v) is 7.18. The summed E-state index contributed by atoms with van der Waals surface area (Å²) in [5.74, 6) is -0.898. The monoisotopic (exact) mass is 355 g/mol. The van der Waals surface area contributed by atoms with Crippen LogP contribution in [0.1, 0.15) is 23.0 Å². The second kappa shape index (κ2) is 5.50. The van der Waals surface area contributed by atoms with Crippen LogP contribution in [-0.4, -0.2) is 26.5 Å². The Morgan fingerprint density at radius 2 is 1.92 bits per heavy atom. The molecular weight excluding hydrogens is 343 g/mol. The molecule has 0 aliphatic carbocycles. The molecule has 1 aromatic carbocycles. The fourth-order valence-electron chi connectivity index (χ4n) is 2.64. The maximum Gasteiger partial charge on any atom is 0.416 e. The van der Waals surface area contributed by atoms with Gasteiger partial charge in [-0.3, -0.25) is 14.2 Å². The van der Waals surface area contributed by atoms with Crippen molar-refractivity contribution in [1.29, 1.82) is 0 Å². The molecule has 0 saturated carbocycles. The number of rotatable bonds is 2. The van der Waals surface area contributed by atoms with E-state index in [9.17, 15) is 27.6 Å². The Labute approximate surface area is 137 Å². The minimum absolute atomic E-state index is 0.0288. The predicted molar refractivity (Wildman–Crippen MR) is 81.7 cm³/mol. The van der Waals surface area contributed by atoms with Gasteiger partial charge in [0.1, 0.15) is 5.52 Å². The van der Waals surface area contributed by atoms with Gasteiger partial charge in [0.05, 0.1) is 23.2 Å². The molecule has 0 saturated heterocycles. The Hall–Kier alpha value is -3.04. The van der Waals surface area contributed by atoms with Crippen LogP contribution in [-0.2, 0) is 18.0 Å². The summed E-state index contributed by atoms with van der Waals surface area (Å²) in [6.45, 7) is 1.58. The molecule has 0 aliphatic heterocycles. The molecule has 0 spiro atoms. The minimum Gasteiger partial charge on any atom is -0.461 e. The number of aromatic nitrogens is 3. The normalized spacial score (nSPS) is 12.0. The number of nitrogens with zero attached hydrogens (tertiary/aromatic N) is 2. The molecule has 7 nitrogen and oxygen atoms in total. The summed E-state index contributed by atoms with van der Waals surface area (Å²) in [7, 11) is 1.26. The topological polar surface area (TPSA) is 85.6 Å². The predicted octanol–water partition coefficient (Wildman–Crippen LogP) is 1.68. The van der Waals surface area contributed by atoms with E-state index in [1.54, 1.807) is 6.92 Å². The Balaban J connectivity index is 2.47. The molecule has 2 heterocycles. The highest BCUT2D eigenvalue weighted by Gasteiger charge is 2.31. The van der Waals surface area contributed by atoms with Crippen LogP contribution >= 0.6 is 0 Å². The summed E-state index contributed by atoms with van der Waals surface area (Å²) in [4.78, 5) is 38.9. The van der Waals surface area contributed by atoms with Crippen LogP contribution in [0.25, 0.3) is 16.6 Å². The second-order valence-corrected chi connectivity index (χ2v) is 5.28. The first kappa shape index (κ1) is 16.8. The number of halogens is 3. The molecule has 1 N–H and O–H groups in total. The highest BCUT2D eigenvalue weighted by atomic mass is 19.4. The Bertz CT molecular complexity index is 1120. The molecule has 0 amide bonds. The number of carbonyl (C=O) groups excluding carboxylic acids is 1. The average molecular weight is 355 g/mol. The van der Waals surface area contributed by atoms with Gasteiger partial charge in [0.15, 0.2) is 5.69 Å². The van der Waals surface area contributed by atoms with Crippen LogP contribution in [0.4, 0.5) is 13.2 Å². The maximum atomic E-state index is 12.9. The number of aromatic amines is 1. The number of benzene rings is 1. The number of H-pyrrole nitrogens is 1. The lowest BCUT2D eigenvalue weighted by Gasteiger charge is -2.11. The smallest absolute Gasteiger partial charge is 0.416 e. The number of ether oxygens (including phenoxy) is 1. The van der Waals surface area contributed by atoms with Crippen molar-refractivity contribution in [2.45, 2.75) is 13.1 Å². The molecule has 0 aliphatic rings. The maximum absolute atomic E-state index is 12.9. The average Bonchev–Trinajstić information content (AvgIpc) is 2.89. The lowest BCUT2D eigenvalue weighted by Crippen LogP contribution is -2.24. The van der Waals surface area contributed by atoms with Crippen molar-refractivity contribution in [3.8, 4) is 0 Å². The Morgan fingerprint density at radius 3 is 2.52 bits per heavy atom. The van der Waals surface area contributed by atoms with Gasteiger partial charge >= 0.3 is 17.8 Å². The summed E-state index contributed by atoms with van der Waals surface area (Å²) >= 11 is 0. The van der Waals surface area contributed by atoms with Crippen molar-refractivity contribution in [2.24, 2.45) is 7.05 Å². The second-order valence-electron chi connectivity index (χ2n) is 5.28. The van der Waals surface area contributed by atoms with Crippen molar-refractivity contribution in [2.75, 3.05) is 6.61 Å². The summed E-state index contributed by atoms with van der Waals surface area (Å²) < 4.78 is 45.4. The zero-order valence-electron chi connectivity index (χ0n) is 13.1. The number of aryl methyl sites for hydroxylation is 1. The molecule has 2 aromatic heterocycles. The lowest BCUT2D eigenvalue weighted by atomic mass is 10.1. The Kier molecular flexibility index (Phi) is 3.70. The van der Waals surface area contributed by atoms with Gasteiger partial charge in [-0.1, -0.05) is 0 Å². The van der Waals surface area contributed by atoms with Gasteiger partial charge < -0.3 is 9.30 Å². The zero-order chi connectivity index (χ0) is 18.5. The number of hydrogen-bond acceptors (Lipinski definition) is 4. The molecule has 3 aromatic rings. The first-order chi connectivity index (χ1) is 11.7. The molecule has 0 unspecified atom stereocenters. The number of fused-ring (bicyclic) bond motifs is 3. The van der Waals surface area contributed by atoms with Gasteiger partial charge in [-0.15, -0.1) is 0 Å². The van der Waals surface area contributed by atoms with Crippen LogP contribution in [0, 0.1) is 0 Å². The van der Waals surface area contributed by atoms with E-state index < -0.39 is 29.0 Å². The summed E-state index contributed by atoms with van der Waals surface area (Å²) in [5, 5.41) is 0. The van der Waals surface area contributed by atoms with Crippen LogP contribution in [0.15, 0.2) is 27.8 Å². The summed E-state index contributed by atoms with van der Waals surface area (Å²) in [6, 6.07) is 2.66. The summed E-state index contributed by atoms with van der Waals surface area (Å²) in [5.41, 5.74) is -3.23. The number of carbonyl (C=O) groups is 1. The number of nitrogens with one attached hydrogen (secondary N) is 1. The minimum atomic E-state index is -4.60. The van der Waals surface area contributed by atoms with Crippen molar-refractivity contribution in [1.82, 2.24) is 14.0 Å². The zero-order valence-corrected chi connectivity index (χ0v) is 13.1. The van der Waals surface area contributed by atoms with Crippen molar-refractivity contribution in [3.05, 3.63) is 50.3 Å². The van der Waals surface area contributed by atoms with Gasteiger partial charge in [0, 0.05) is 7.05 Å². The third-order valence-corrected chi connectivity index (χ3v) is 3.79. The molecule has 3 rings (SSSR count). The van der Waals surface area contributed by atoms with Crippen LogP contribution < -0.4 is 11.2 Å². The van der Waals surface area contributed by atoms with Crippen molar-refractivity contribution < 1.29 is 22.7 Å². The van der Waals surface area contributed by atoms with Crippen LogP contribution in [0.2, 0.25) is 0 Å². The fourth-order valence-corrected chi connectivity index (χ4v) is 2.64. The SMILES string of the molecule is CCOC(=O)c1[nH]c(=O)n2c1c(=O)n(C)c1cc(C(F)(F)F)ccc12. The van der Waals surface area contributed by atoms with Crippen LogP contribution in [0.5, 0.6) is 0 Å². The standard InChI is InChI=1S/C15H12F3N3O4/c1-3-25-13(23)10-11-12(22)20(2)9-6-7(15(16,17)18)4-5-8(9)21(11)14(24)19-10/h4-6H,3H2,1-2H3,(H,19,24). The van der Waals surface area contributed by atoms with Crippen molar-refractivity contribution >= 4 is 22.5 Å². The highest BCUT2D eigenvalue weighted by Crippen LogP contribution is 2.31. The van der Waals surface area contributed by atoms with E-state index in [0.29, 0.717) is 0 Å². The van der Waals surface area contributed by atoms with E-state index in [2.05, 4.69) is 4.98 Å². The molecular formula is C15H12F3N3O4. The fraction of sp³-hybridized carbons (Fsp3) is 0.267. The third kappa shape index (κ3) is 2.49.